The second kappa shape index (κ2) is 6.26. The number of quaternary nitrogens is 1. The van der Waals surface area contributed by atoms with Gasteiger partial charge in [0.1, 0.15) is 17.9 Å². The van der Waals surface area contributed by atoms with Crippen molar-refractivity contribution in [1.82, 2.24) is 0 Å². The lowest BCUT2D eigenvalue weighted by Crippen LogP contribution is -3.16. The molecule has 1 aromatic carbocycles. The van der Waals surface area contributed by atoms with Gasteiger partial charge in [-0.15, -0.1) is 11.3 Å². The second-order valence-corrected chi connectivity index (χ2v) is 8.82. The Morgan fingerprint density at radius 2 is 1.85 bits per heavy atom. The standard InChI is InChI=1S/C20H17ClN2O3S/c21-11-5-7-12(8-6-11)23-19(25)15-13-3-1-9-22(13)17(16(15)20(23)26)18(24)14-4-2-10-27-14/h2,4-8,10,13,15-17H,1,3,9H2/p+1/t13-,15-,16-,17-/m1/s1. The molecular weight excluding hydrogens is 384 g/mol. The smallest absolute Gasteiger partial charge is 0.244 e. The van der Waals surface area contributed by atoms with Gasteiger partial charge in [0.2, 0.25) is 17.6 Å². The van der Waals surface area contributed by atoms with Crippen LogP contribution in [0.3, 0.4) is 0 Å². The van der Waals surface area contributed by atoms with Crippen molar-refractivity contribution in [3.63, 3.8) is 0 Å². The summed E-state index contributed by atoms with van der Waals surface area (Å²) in [4.78, 5) is 42.8. The van der Waals surface area contributed by atoms with Crippen LogP contribution in [-0.4, -0.2) is 36.2 Å². The number of hydrogen-bond acceptors (Lipinski definition) is 4. The van der Waals surface area contributed by atoms with Gasteiger partial charge in [-0.3, -0.25) is 14.4 Å². The summed E-state index contributed by atoms with van der Waals surface area (Å²) in [6.45, 7) is 0.848. The molecule has 0 aliphatic carbocycles. The maximum absolute atomic E-state index is 13.3. The van der Waals surface area contributed by atoms with E-state index in [1.165, 1.54) is 16.2 Å². The highest BCUT2D eigenvalue weighted by Gasteiger charge is 2.68. The highest BCUT2D eigenvalue weighted by molar-refractivity contribution is 7.12. The molecule has 3 aliphatic rings. The van der Waals surface area contributed by atoms with Gasteiger partial charge >= 0.3 is 0 Å². The van der Waals surface area contributed by atoms with Crippen LogP contribution in [0, 0.1) is 11.8 Å². The van der Waals surface area contributed by atoms with E-state index in [2.05, 4.69) is 0 Å². The molecule has 0 spiro atoms. The van der Waals surface area contributed by atoms with Crippen LogP contribution in [0.1, 0.15) is 22.5 Å². The summed E-state index contributed by atoms with van der Waals surface area (Å²) in [5.74, 6) is -1.39. The van der Waals surface area contributed by atoms with E-state index in [0.29, 0.717) is 15.6 Å². The largest absolute Gasteiger partial charge is 0.322 e. The van der Waals surface area contributed by atoms with Gasteiger partial charge in [-0.05, 0) is 35.7 Å². The van der Waals surface area contributed by atoms with Crippen LogP contribution in [0.5, 0.6) is 0 Å². The summed E-state index contributed by atoms with van der Waals surface area (Å²) in [6.07, 6.45) is 1.87. The number of carbonyl (C=O) groups is 3. The average molecular weight is 402 g/mol. The van der Waals surface area contributed by atoms with Gasteiger partial charge in [-0.1, -0.05) is 17.7 Å². The van der Waals surface area contributed by atoms with Crippen LogP contribution in [0.25, 0.3) is 0 Å². The first-order chi connectivity index (χ1) is 13.1. The van der Waals surface area contributed by atoms with E-state index in [9.17, 15) is 14.4 Å². The molecule has 5 rings (SSSR count). The van der Waals surface area contributed by atoms with Crippen molar-refractivity contribution in [3.05, 3.63) is 51.7 Å². The topological polar surface area (TPSA) is 58.9 Å². The zero-order valence-corrected chi connectivity index (χ0v) is 16.0. The zero-order valence-electron chi connectivity index (χ0n) is 14.4. The summed E-state index contributed by atoms with van der Waals surface area (Å²) in [5, 5.41) is 2.42. The second-order valence-electron chi connectivity index (χ2n) is 7.43. The molecule has 3 aliphatic heterocycles. The Kier molecular flexibility index (Phi) is 3.96. The Hall–Kier alpha value is -2.02. The van der Waals surface area contributed by atoms with Gasteiger partial charge in [-0.25, -0.2) is 4.90 Å². The quantitative estimate of drug-likeness (QED) is 0.630. The van der Waals surface area contributed by atoms with E-state index >= 15 is 0 Å². The molecule has 0 bridgehead atoms. The third-order valence-electron chi connectivity index (χ3n) is 6.18. The number of benzene rings is 1. The average Bonchev–Trinajstić information content (AvgIpc) is 3.41. The molecule has 2 aromatic rings. The number of fused-ring (bicyclic) bond motifs is 3. The fourth-order valence-corrected chi connectivity index (χ4v) is 5.99. The van der Waals surface area contributed by atoms with E-state index in [0.717, 1.165) is 24.3 Å². The molecule has 5 nitrogen and oxygen atoms in total. The minimum atomic E-state index is -0.567. The van der Waals surface area contributed by atoms with Crippen molar-refractivity contribution in [2.75, 3.05) is 11.4 Å². The number of thiophene rings is 1. The lowest BCUT2D eigenvalue weighted by molar-refractivity contribution is -0.915. The third kappa shape index (κ3) is 2.43. The van der Waals surface area contributed by atoms with Gasteiger partial charge in [0.15, 0.2) is 6.04 Å². The maximum atomic E-state index is 13.3. The van der Waals surface area contributed by atoms with Crippen molar-refractivity contribution in [3.8, 4) is 0 Å². The number of carbonyl (C=O) groups excluding carboxylic acids is 3. The summed E-state index contributed by atoms with van der Waals surface area (Å²) >= 11 is 7.35. The number of halogens is 1. The Balaban J connectivity index is 1.56. The minimum Gasteiger partial charge on any atom is -0.322 e. The van der Waals surface area contributed by atoms with E-state index < -0.39 is 17.9 Å². The van der Waals surface area contributed by atoms with Crippen LogP contribution in [0.15, 0.2) is 41.8 Å². The molecule has 3 fully saturated rings. The third-order valence-corrected chi connectivity index (χ3v) is 7.31. The number of nitrogens with zero attached hydrogens (tertiary/aromatic N) is 1. The molecule has 138 valence electrons. The predicted molar refractivity (Wildman–Crippen MR) is 102 cm³/mol. The van der Waals surface area contributed by atoms with Crippen molar-refractivity contribution in [1.29, 1.82) is 0 Å². The van der Waals surface area contributed by atoms with Crippen molar-refractivity contribution >= 4 is 46.2 Å². The van der Waals surface area contributed by atoms with Gasteiger partial charge < -0.3 is 4.90 Å². The number of Topliss-reactive ketones (excluding diaryl/α,β-unsaturated/α-hetero) is 1. The first-order valence-corrected chi connectivity index (χ1v) is 10.4. The fourth-order valence-electron chi connectivity index (χ4n) is 5.16. The molecule has 27 heavy (non-hydrogen) atoms. The first-order valence-electron chi connectivity index (χ1n) is 9.14. The predicted octanol–water partition coefficient (Wildman–Crippen LogP) is 1.82. The number of anilines is 1. The van der Waals surface area contributed by atoms with Crippen LogP contribution < -0.4 is 9.80 Å². The van der Waals surface area contributed by atoms with Crippen LogP contribution >= 0.6 is 22.9 Å². The van der Waals surface area contributed by atoms with Gasteiger partial charge in [0.05, 0.1) is 17.1 Å². The van der Waals surface area contributed by atoms with Crippen LogP contribution in [0.4, 0.5) is 5.69 Å². The molecule has 0 saturated carbocycles. The molecular formula is C20H18ClN2O3S+. The minimum absolute atomic E-state index is 0.00138. The van der Waals surface area contributed by atoms with E-state index in [1.54, 1.807) is 24.3 Å². The van der Waals surface area contributed by atoms with Crippen molar-refractivity contribution in [2.45, 2.75) is 24.9 Å². The fraction of sp³-hybridized carbons (Fsp3) is 0.350. The Bertz CT molecular complexity index is 927. The SMILES string of the molecule is O=C(c1cccs1)[C@H]1[C@@H]2C(=O)N(c3ccc(Cl)cc3)C(=O)[C@@H]2[C@H]2CCC[NH+]21. The summed E-state index contributed by atoms with van der Waals surface area (Å²) in [7, 11) is 0. The van der Waals surface area contributed by atoms with Crippen LogP contribution in [-0.2, 0) is 9.59 Å². The first kappa shape index (κ1) is 17.1. The van der Waals surface area contributed by atoms with Crippen molar-refractivity contribution < 1.29 is 19.3 Å². The van der Waals surface area contributed by atoms with E-state index in [1.807, 2.05) is 17.5 Å². The van der Waals surface area contributed by atoms with E-state index in [-0.39, 0.29) is 23.6 Å². The highest BCUT2D eigenvalue weighted by atomic mass is 35.5. The molecule has 7 heteroatoms. The summed E-state index contributed by atoms with van der Waals surface area (Å²) in [5.41, 5.74) is 0.533. The zero-order chi connectivity index (χ0) is 18.7. The molecule has 4 heterocycles. The van der Waals surface area contributed by atoms with E-state index in [4.69, 9.17) is 11.6 Å². The molecule has 1 unspecified atom stereocenters. The maximum Gasteiger partial charge on any atom is 0.244 e. The monoisotopic (exact) mass is 401 g/mol. The molecule has 0 radical (unpaired) electrons. The Morgan fingerprint density at radius 1 is 1.11 bits per heavy atom. The number of ketones is 1. The Labute approximate surface area is 165 Å². The summed E-state index contributed by atoms with van der Waals surface area (Å²) < 4.78 is 0. The lowest BCUT2D eigenvalue weighted by Gasteiger charge is -2.25. The highest BCUT2D eigenvalue weighted by Crippen LogP contribution is 2.40. The molecule has 5 atom stereocenters. The number of rotatable bonds is 3. The number of hydrogen-bond donors (Lipinski definition) is 1. The molecule has 1 aromatic heterocycles. The van der Waals surface area contributed by atoms with Gasteiger partial charge in [0.25, 0.3) is 0 Å². The summed E-state index contributed by atoms with van der Waals surface area (Å²) in [6, 6.07) is 9.97. The number of imide groups is 1. The normalized spacial score (nSPS) is 32.0. The Morgan fingerprint density at radius 3 is 2.56 bits per heavy atom. The number of amides is 2. The lowest BCUT2D eigenvalue weighted by atomic mass is 9.86. The van der Waals surface area contributed by atoms with Crippen LogP contribution in [0.2, 0.25) is 5.02 Å². The van der Waals surface area contributed by atoms with Gasteiger partial charge in [0, 0.05) is 17.9 Å². The molecule has 3 saturated heterocycles. The molecule has 2 amide bonds. The van der Waals surface area contributed by atoms with Crippen molar-refractivity contribution in [2.24, 2.45) is 11.8 Å². The van der Waals surface area contributed by atoms with Gasteiger partial charge in [-0.2, -0.15) is 0 Å². The molecule has 1 N–H and O–H groups in total. The number of nitrogens with one attached hydrogen (secondary N) is 1.